The highest BCUT2D eigenvalue weighted by molar-refractivity contribution is 7.89. The van der Waals surface area contributed by atoms with Gasteiger partial charge < -0.3 is 10.6 Å². The minimum absolute atomic E-state index is 0.329. The van der Waals surface area contributed by atoms with Crippen molar-refractivity contribution in [3.05, 3.63) is 24.3 Å². The van der Waals surface area contributed by atoms with Gasteiger partial charge in [-0.05, 0) is 49.3 Å². The number of rotatable bonds is 3. The molecule has 1 saturated heterocycles. The van der Waals surface area contributed by atoms with Gasteiger partial charge in [0.25, 0.3) is 0 Å². The van der Waals surface area contributed by atoms with Crippen LogP contribution in [0.2, 0.25) is 0 Å². The van der Waals surface area contributed by atoms with Crippen LogP contribution < -0.4 is 10.6 Å². The zero-order valence-electron chi connectivity index (χ0n) is 10.7. The Hall–Kier alpha value is -1.18. The Balaban J connectivity index is 2.15. The lowest BCUT2D eigenvalue weighted by Crippen LogP contribution is -2.28. The standard InChI is InChI=1S/C12H17N3O2S2/c1-13-12(18)14-10-4-6-11(7-5-10)19(16,17)15-8-2-3-9-15/h4-7H,2-3,8-9H2,1H3,(H2,13,14,18). The smallest absolute Gasteiger partial charge is 0.243 e. The SMILES string of the molecule is CNC(=S)Nc1ccc(S(=O)(=O)N2CCCC2)cc1. The molecular weight excluding hydrogens is 282 g/mol. The number of nitrogens with one attached hydrogen (secondary N) is 2. The summed E-state index contributed by atoms with van der Waals surface area (Å²) in [7, 11) is -1.61. The van der Waals surface area contributed by atoms with Crippen LogP contribution in [0.1, 0.15) is 12.8 Å². The van der Waals surface area contributed by atoms with E-state index in [1.54, 1.807) is 31.3 Å². The van der Waals surface area contributed by atoms with Gasteiger partial charge in [-0.15, -0.1) is 0 Å². The van der Waals surface area contributed by atoms with Crippen molar-refractivity contribution < 1.29 is 8.42 Å². The molecule has 2 N–H and O–H groups in total. The molecule has 1 aliphatic rings. The van der Waals surface area contributed by atoms with Crippen LogP contribution in [0.25, 0.3) is 0 Å². The Morgan fingerprint density at radius 3 is 2.32 bits per heavy atom. The fourth-order valence-electron chi connectivity index (χ4n) is 1.98. The molecule has 0 aliphatic carbocycles. The molecule has 1 heterocycles. The number of sulfonamides is 1. The molecular formula is C12H17N3O2S2. The molecule has 1 aliphatic heterocycles. The minimum atomic E-state index is -3.33. The van der Waals surface area contributed by atoms with E-state index in [2.05, 4.69) is 10.6 Å². The van der Waals surface area contributed by atoms with E-state index in [9.17, 15) is 8.42 Å². The van der Waals surface area contributed by atoms with Crippen LogP contribution in [0.4, 0.5) is 5.69 Å². The summed E-state index contributed by atoms with van der Waals surface area (Å²) in [5.74, 6) is 0. The third-order valence-corrected chi connectivity index (χ3v) is 5.26. The minimum Gasteiger partial charge on any atom is -0.366 e. The Morgan fingerprint density at radius 2 is 1.79 bits per heavy atom. The fourth-order valence-corrected chi connectivity index (χ4v) is 3.62. The van der Waals surface area contributed by atoms with Crippen molar-refractivity contribution in [3.8, 4) is 0 Å². The van der Waals surface area contributed by atoms with Crippen LogP contribution in [-0.2, 0) is 10.0 Å². The summed E-state index contributed by atoms with van der Waals surface area (Å²) >= 11 is 4.98. The molecule has 1 aromatic carbocycles. The van der Waals surface area contributed by atoms with E-state index >= 15 is 0 Å². The normalized spacial score (nSPS) is 16.3. The van der Waals surface area contributed by atoms with Gasteiger partial charge in [0, 0.05) is 25.8 Å². The van der Waals surface area contributed by atoms with E-state index in [0.29, 0.717) is 23.1 Å². The third-order valence-electron chi connectivity index (χ3n) is 3.04. The van der Waals surface area contributed by atoms with Crippen molar-refractivity contribution in [1.29, 1.82) is 0 Å². The molecule has 0 spiro atoms. The molecule has 0 atom stereocenters. The summed E-state index contributed by atoms with van der Waals surface area (Å²) < 4.78 is 26.1. The summed E-state index contributed by atoms with van der Waals surface area (Å²) in [6.07, 6.45) is 1.88. The van der Waals surface area contributed by atoms with Crippen LogP contribution >= 0.6 is 12.2 Å². The molecule has 0 amide bonds. The van der Waals surface area contributed by atoms with E-state index < -0.39 is 10.0 Å². The molecule has 2 rings (SSSR count). The summed E-state index contributed by atoms with van der Waals surface area (Å²) in [5.41, 5.74) is 0.764. The Morgan fingerprint density at radius 1 is 1.21 bits per heavy atom. The first kappa shape index (κ1) is 14.2. The molecule has 0 unspecified atom stereocenters. The predicted molar refractivity (Wildman–Crippen MR) is 79.7 cm³/mol. The van der Waals surface area contributed by atoms with Crippen molar-refractivity contribution in [2.24, 2.45) is 0 Å². The molecule has 0 bridgehead atoms. The molecule has 1 fully saturated rings. The summed E-state index contributed by atoms with van der Waals surface area (Å²) in [5, 5.41) is 6.24. The van der Waals surface area contributed by atoms with Gasteiger partial charge in [0.1, 0.15) is 0 Å². The lowest BCUT2D eigenvalue weighted by atomic mass is 10.3. The van der Waals surface area contributed by atoms with Gasteiger partial charge in [0.15, 0.2) is 5.11 Å². The number of hydrogen-bond acceptors (Lipinski definition) is 3. The van der Waals surface area contributed by atoms with Gasteiger partial charge in [0.2, 0.25) is 10.0 Å². The fraction of sp³-hybridized carbons (Fsp3) is 0.417. The summed E-state index contributed by atoms with van der Waals surface area (Å²) in [4.78, 5) is 0.329. The van der Waals surface area contributed by atoms with Crippen LogP contribution in [-0.4, -0.2) is 38.0 Å². The number of nitrogens with zero attached hydrogens (tertiary/aromatic N) is 1. The maximum Gasteiger partial charge on any atom is 0.243 e. The van der Waals surface area contributed by atoms with Crippen molar-refractivity contribution >= 4 is 33.0 Å². The van der Waals surface area contributed by atoms with E-state index in [1.807, 2.05) is 0 Å². The second kappa shape index (κ2) is 5.85. The van der Waals surface area contributed by atoms with Crippen molar-refractivity contribution in [1.82, 2.24) is 9.62 Å². The molecule has 7 heteroatoms. The van der Waals surface area contributed by atoms with Gasteiger partial charge in [-0.2, -0.15) is 4.31 Å². The van der Waals surface area contributed by atoms with E-state index in [4.69, 9.17) is 12.2 Å². The van der Waals surface area contributed by atoms with Crippen LogP contribution in [0.15, 0.2) is 29.2 Å². The number of anilines is 1. The largest absolute Gasteiger partial charge is 0.366 e. The zero-order valence-corrected chi connectivity index (χ0v) is 12.4. The predicted octanol–water partition coefficient (Wildman–Crippen LogP) is 1.39. The molecule has 0 radical (unpaired) electrons. The quantitative estimate of drug-likeness (QED) is 0.826. The molecule has 104 valence electrons. The Labute approximate surface area is 119 Å². The lowest BCUT2D eigenvalue weighted by molar-refractivity contribution is 0.477. The Bertz CT molecular complexity index is 549. The highest BCUT2D eigenvalue weighted by Gasteiger charge is 2.26. The lowest BCUT2D eigenvalue weighted by Gasteiger charge is -2.15. The van der Waals surface area contributed by atoms with Gasteiger partial charge in [0.05, 0.1) is 4.90 Å². The second-order valence-electron chi connectivity index (χ2n) is 4.34. The average molecular weight is 299 g/mol. The molecule has 0 saturated carbocycles. The maximum atomic E-state index is 12.3. The first-order chi connectivity index (χ1) is 9.04. The molecule has 19 heavy (non-hydrogen) atoms. The van der Waals surface area contributed by atoms with Crippen LogP contribution in [0.5, 0.6) is 0 Å². The molecule has 0 aromatic heterocycles. The van der Waals surface area contributed by atoms with Gasteiger partial charge >= 0.3 is 0 Å². The topological polar surface area (TPSA) is 61.4 Å². The summed E-state index contributed by atoms with van der Waals surface area (Å²) in [6, 6.07) is 6.64. The number of hydrogen-bond donors (Lipinski definition) is 2. The monoisotopic (exact) mass is 299 g/mol. The van der Waals surface area contributed by atoms with E-state index in [0.717, 1.165) is 18.5 Å². The molecule has 5 nitrogen and oxygen atoms in total. The number of benzene rings is 1. The highest BCUT2D eigenvalue weighted by Crippen LogP contribution is 2.22. The Kier molecular flexibility index (Phi) is 4.38. The average Bonchev–Trinajstić information content (AvgIpc) is 2.94. The van der Waals surface area contributed by atoms with Gasteiger partial charge in [-0.1, -0.05) is 0 Å². The van der Waals surface area contributed by atoms with Crippen molar-refractivity contribution in [3.63, 3.8) is 0 Å². The molecule has 1 aromatic rings. The second-order valence-corrected chi connectivity index (χ2v) is 6.69. The van der Waals surface area contributed by atoms with E-state index in [1.165, 1.54) is 4.31 Å². The van der Waals surface area contributed by atoms with Crippen LogP contribution in [0, 0.1) is 0 Å². The van der Waals surface area contributed by atoms with Gasteiger partial charge in [-0.25, -0.2) is 8.42 Å². The first-order valence-corrected chi connectivity index (χ1v) is 7.98. The van der Waals surface area contributed by atoms with Crippen molar-refractivity contribution in [2.75, 3.05) is 25.5 Å². The number of thiocarbonyl (C=S) groups is 1. The van der Waals surface area contributed by atoms with E-state index in [-0.39, 0.29) is 0 Å². The maximum absolute atomic E-state index is 12.3. The van der Waals surface area contributed by atoms with Crippen LogP contribution in [0.3, 0.4) is 0 Å². The van der Waals surface area contributed by atoms with Gasteiger partial charge in [-0.3, -0.25) is 0 Å². The third kappa shape index (κ3) is 3.23. The summed E-state index contributed by atoms with van der Waals surface area (Å²) in [6.45, 7) is 1.23. The highest BCUT2D eigenvalue weighted by atomic mass is 32.2. The van der Waals surface area contributed by atoms with Crippen molar-refractivity contribution in [2.45, 2.75) is 17.7 Å². The zero-order chi connectivity index (χ0) is 13.9. The first-order valence-electron chi connectivity index (χ1n) is 6.13.